The molecule has 0 aliphatic carbocycles. The fourth-order valence-electron chi connectivity index (χ4n) is 5.42. The summed E-state index contributed by atoms with van der Waals surface area (Å²) in [5.74, 6) is -2.03. The van der Waals surface area contributed by atoms with Gasteiger partial charge in [-0.2, -0.15) is 0 Å². The van der Waals surface area contributed by atoms with E-state index in [1.165, 1.54) is 24.3 Å². The molecule has 10 nitrogen and oxygen atoms in total. The Morgan fingerprint density at radius 2 is 1.61 bits per heavy atom. The molecule has 5 N–H and O–H groups in total. The summed E-state index contributed by atoms with van der Waals surface area (Å²) in [5, 5.41) is 22.6. The Labute approximate surface area is 297 Å². The summed E-state index contributed by atoms with van der Waals surface area (Å²) in [6, 6.07) is 22.2. The predicted octanol–water partition coefficient (Wildman–Crippen LogP) is 6.61. The standard InChI is InChI=1S/C40H46FN3O7/c1-40(2,3)51-39(49)33(42)20-16-28-22-32(45)19-15-29(28)23-35(38(47)48)43-36(46)12-8-5-9-21-50-37-25-30(26-10-6-4-7-11-26)24-34(44-37)27-13-17-31(41)18-14-27/h4,6-7,10-11,13-15,17-19,22,24-25,33,35,45H,5,8-9,12,16,20-21,23,42H2,1-3H3,(H,43,46)(H,47,48)/t33?,35-/m0/s1. The number of aromatic hydroxyl groups is 1. The van der Waals surface area contributed by atoms with Crippen LogP contribution in [0.3, 0.4) is 0 Å². The highest BCUT2D eigenvalue weighted by atomic mass is 19.1. The highest BCUT2D eigenvalue weighted by molar-refractivity contribution is 5.83. The van der Waals surface area contributed by atoms with Crippen molar-refractivity contribution in [2.24, 2.45) is 5.73 Å². The Kier molecular flexibility index (Phi) is 13.7. The van der Waals surface area contributed by atoms with Gasteiger partial charge in [-0.15, -0.1) is 0 Å². The minimum atomic E-state index is -1.19. The van der Waals surface area contributed by atoms with Gasteiger partial charge in [0, 0.05) is 24.5 Å². The second-order valence-corrected chi connectivity index (χ2v) is 13.4. The quantitative estimate of drug-likeness (QED) is 0.0702. The average molecular weight is 700 g/mol. The van der Waals surface area contributed by atoms with Gasteiger partial charge in [0.05, 0.1) is 12.3 Å². The number of carboxylic acids is 1. The molecule has 11 heteroatoms. The summed E-state index contributed by atoms with van der Waals surface area (Å²) >= 11 is 0. The minimum absolute atomic E-state index is 0.00696. The summed E-state index contributed by atoms with van der Waals surface area (Å²) in [5.41, 5.74) is 9.90. The van der Waals surface area contributed by atoms with Gasteiger partial charge in [-0.1, -0.05) is 36.4 Å². The largest absolute Gasteiger partial charge is 0.508 e. The second kappa shape index (κ2) is 18.1. The van der Waals surface area contributed by atoms with Crippen molar-refractivity contribution >= 4 is 17.8 Å². The summed E-state index contributed by atoms with van der Waals surface area (Å²) in [6.07, 6.45) is 2.46. The number of carboxylic acid groups (broad SMARTS) is 1. The third-order valence-electron chi connectivity index (χ3n) is 8.03. The van der Waals surface area contributed by atoms with Crippen LogP contribution in [0.15, 0.2) is 84.9 Å². The minimum Gasteiger partial charge on any atom is -0.508 e. The number of rotatable bonds is 17. The number of esters is 1. The number of pyridine rings is 1. The first-order valence-corrected chi connectivity index (χ1v) is 17.0. The van der Waals surface area contributed by atoms with Gasteiger partial charge in [0.25, 0.3) is 0 Å². The number of aliphatic carboxylic acids is 1. The normalized spacial score (nSPS) is 12.5. The summed E-state index contributed by atoms with van der Waals surface area (Å²) in [4.78, 5) is 41.8. The SMILES string of the molecule is CC(C)(C)OC(=O)C(N)CCc1cc(O)ccc1C[C@H](NC(=O)CCCCCOc1cc(-c2ccccc2)cc(-c2ccc(F)cc2)n1)C(=O)O. The van der Waals surface area contributed by atoms with E-state index in [2.05, 4.69) is 10.3 Å². The van der Waals surface area contributed by atoms with Crippen molar-refractivity contribution in [1.82, 2.24) is 10.3 Å². The number of hydrogen-bond donors (Lipinski definition) is 4. The fraction of sp³-hybridized carbons (Fsp3) is 0.350. The van der Waals surface area contributed by atoms with Crippen LogP contribution >= 0.6 is 0 Å². The van der Waals surface area contributed by atoms with Gasteiger partial charge in [0.15, 0.2) is 0 Å². The first-order chi connectivity index (χ1) is 24.3. The lowest BCUT2D eigenvalue weighted by Gasteiger charge is -2.22. The molecule has 0 saturated heterocycles. The number of nitrogens with zero attached hydrogens (tertiary/aromatic N) is 1. The van der Waals surface area contributed by atoms with Crippen LogP contribution < -0.4 is 15.8 Å². The molecule has 0 fully saturated rings. The number of nitrogens with two attached hydrogens (primary N) is 1. The van der Waals surface area contributed by atoms with Crippen LogP contribution in [0.25, 0.3) is 22.4 Å². The Balaban J connectivity index is 1.27. The number of aryl methyl sites for hydroxylation is 1. The molecular formula is C40H46FN3O7. The Morgan fingerprint density at radius 3 is 2.29 bits per heavy atom. The number of hydrogen-bond acceptors (Lipinski definition) is 8. The molecule has 4 rings (SSSR count). The zero-order chi connectivity index (χ0) is 37.0. The van der Waals surface area contributed by atoms with Gasteiger partial charge in [-0.25, -0.2) is 14.2 Å². The summed E-state index contributed by atoms with van der Waals surface area (Å²) in [7, 11) is 0. The van der Waals surface area contributed by atoms with E-state index in [0.29, 0.717) is 55.0 Å². The first-order valence-electron chi connectivity index (χ1n) is 17.0. The molecule has 1 amide bonds. The summed E-state index contributed by atoms with van der Waals surface area (Å²) in [6.45, 7) is 5.60. The van der Waals surface area contributed by atoms with E-state index < -0.39 is 35.5 Å². The molecule has 0 radical (unpaired) electrons. The van der Waals surface area contributed by atoms with Gasteiger partial charge >= 0.3 is 11.9 Å². The van der Waals surface area contributed by atoms with Crippen LogP contribution in [0, 0.1) is 5.82 Å². The van der Waals surface area contributed by atoms with Crippen molar-refractivity contribution in [3.63, 3.8) is 0 Å². The molecule has 1 heterocycles. The zero-order valence-corrected chi connectivity index (χ0v) is 29.2. The smallest absolute Gasteiger partial charge is 0.326 e. The van der Waals surface area contributed by atoms with E-state index in [1.54, 1.807) is 39.0 Å². The van der Waals surface area contributed by atoms with E-state index in [9.17, 15) is 29.0 Å². The highest BCUT2D eigenvalue weighted by Gasteiger charge is 2.24. The van der Waals surface area contributed by atoms with Crippen molar-refractivity contribution in [3.05, 3.63) is 102 Å². The number of unbranched alkanes of at least 4 members (excludes halogenated alkanes) is 2. The van der Waals surface area contributed by atoms with Crippen LogP contribution in [0.1, 0.15) is 64.0 Å². The Bertz CT molecular complexity index is 1780. The van der Waals surface area contributed by atoms with Crippen LogP contribution in [0.2, 0.25) is 0 Å². The van der Waals surface area contributed by atoms with Crippen LogP contribution in [-0.2, 0) is 32.0 Å². The molecule has 1 aromatic heterocycles. The molecule has 3 aromatic carbocycles. The van der Waals surface area contributed by atoms with E-state index in [-0.39, 0.29) is 30.8 Å². The number of halogens is 1. The molecular weight excluding hydrogens is 653 g/mol. The maximum atomic E-state index is 13.5. The van der Waals surface area contributed by atoms with E-state index in [1.807, 2.05) is 42.5 Å². The topological polar surface area (TPSA) is 161 Å². The van der Waals surface area contributed by atoms with Gasteiger partial charge in [-0.05, 0) is 118 Å². The van der Waals surface area contributed by atoms with Gasteiger partial charge < -0.3 is 30.7 Å². The molecule has 270 valence electrons. The number of nitrogens with one attached hydrogen (secondary N) is 1. The van der Waals surface area contributed by atoms with Crippen molar-refractivity contribution in [3.8, 4) is 34.0 Å². The molecule has 1 unspecified atom stereocenters. The molecule has 2 atom stereocenters. The van der Waals surface area contributed by atoms with Crippen LogP contribution in [-0.4, -0.2) is 57.3 Å². The number of ether oxygens (including phenoxy) is 2. The molecule has 0 saturated carbocycles. The maximum Gasteiger partial charge on any atom is 0.326 e. The molecule has 0 aliphatic rings. The maximum absolute atomic E-state index is 13.5. The van der Waals surface area contributed by atoms with Gasteiger partial charge in [0.1, 0.15) is 29.3 Å². The van der Waals surface area contributed by atoms with E-state index in [4.69, 9.17) is 15.2 Å². The van der Waals surface area contributed by atoms with E-state index >= 15 is 0 Å². The molecule has 51 heavy (non-hydrogen) atoms. The van der Waals surface area contributed by atoms with Crippen LogP contribution in [0.5, 0.6) is 11.6 Å². The number of carbonyl (C=O) groups excluding carboxylic acids is 2. The number of phenols is 1. The van der Waals surface area contributed by atoms with Crippen LogP contribution in [0.4, 0.5) is 4.39 Å². The third kappa shape index (κ3) is 12.5. The Hall–Kier alpha value is -5.29. The van der Waals surface area contributed by atoms with E-state index in [0.717, 1.165) is 16.7 Å². The predicted molar refractivity (Wildman–Crippen MR) is 193 cm³/mol. The number of carbonyl (C=O) groups is 3. The monoisotopic (exact) mass is 699 g/mol. The number of phenolic OH excluding ortho intramolecular Hbond substituents is 1. The highest BCUT2D eigenvalue weighted by Crippen LogP contribution is 2.29. The van der Waals surface area contributed by atoms with Crippen molar-refractivity contribution in [2.45, 2.75) is 83.4 Å². The second-order valence-electron chi connectivity index (χ2n) is 13.4. The van der Waals surface area contributed by atoms with Crippen molar-refractivity contribution in [2.75, 3.05) is 6.61 Å². The number of amides is 1. The van der Waals surface area contributed by atoms with Gasteiger partial charge in [-0.3, -0.25) is 9.59 Å². The number of aromatic nitrogens is 1. The Morgan fingerprint density at radius 1 is 0.882 bits per heavy atom. The third-order valence-corrected chi connectivity index (χ3v) is 8.03. The fourth-order valence-corrected chi connectivity index (χ4v) is 5.42. The molecule has 4 aromatic rings. The lowest BCUT2D eigenvalue weighted by Crippen LogP contribution is -2.42. The van der Waals surface area contributed by atoms with Crippen molar-refractivity contribution < 1.29 is 38.5 Å². The molecule has 0 bridgehead atoms. The average Bonchev–Trinajstić information content (AvgIpc) is 3.09. The number of benzene rings is 3. The van der Waals surface area contributed by atoms with Crippen molar-refractivity contribution in [1.29, 1.82) is 0 Å². The lowest BCUT2D eigenvalue weighted by molar-refractivity contribution is -0.156. The summed E-state index contributed by atoms with van der Waals surface area (Å²) < 4.78 is 24.9. The lowest BCUT2D eigenvalue weighted by atomic mass is 9.95. The molecule has 0 spiro atoms. The molecule has 0 aliphatic heterocycles. The zero-order valence-electron chi connectivity index (χ0n) is 29.2. The first kappa shape index (κ1) is 38.5. The van der Waals surface area contributed by atoms with Gasteiger partial charge in [0.2, 0.25) is 11.8 Å².